The minimum Gasteiger partial charge on any atom is -0.377 e. The van der Waals surface area contributed by atoms with Crippen LogP contribution in [0.1, 0.15) is 12.8 Å². The summed E-state index contributed by atoms with van der Waals surface area (Å²) in [5.74, 6) is 0. The minimum atomic E-state index is -2.43. The molecular formula is C12H35NO6SSi3. The minimum absolute atomic E-state index is 0.802. The van der Waals surface area contributed by atoms with Crippen LogP contribution in [0.5, 0.6) is 0 Å². The van der Waals surface area contributed by atoms with Crippen molar-refractivity contribution in [3.63, 3.8) is 0 Å². The van der Waals surface area contributed by atoms with Crippen LogP contribution >= 0.6 is 12.1 Å². The molecule has 0 bridgehead atoms. The Labute approximate surface area is 151 Å². The highest BCUT2D eigenvalue weighted by molar-refractivity contribution is 8.03. The number of nitrogens with one attached hydrogen (secondary N) is 1. The molecule has 7 nitrogen and oxygen atoms in total. The van der Waals surface area contributed by atoms with Crippen LogP contribution in [-0.2, 0) is 26.6 Å². The quantitative estimate of drug-likeness (QED) is 0.245. The Morgan fingerprint density at radius 1 is 0.652 bits per heavy atom. The first-order chi connectivity index (χ1) is 11.1. The van der Waals surface area contributed by atoms with Gasteiger partial charge in [-0.25, -0.2) is 12.1 Å². The van der Waals surface area contributed by atoms with Gasteiger partial charge < -0.3 is 31.9 Å². The fourth-order valence-corrected chi connectivity index (χ4v) is 5.54. The molecule has 0 amide bonds. The molecule has 0 atom stereocenters. The Bertz CT molecular complexity index is 220. The molecule has 1 N–H and O–H groups in total. The first-order valence-electron chi connectivity index (χ1n) is 7.54. The summed E-state index contributed by atoms with van der Waals surface area (Å²) in [5.41, 5.74) is 0. The summed E-state index contributed by atoms with van der Waals surface area (Å²) in [6.45, 7) is 1.79. The Kier molecular flexibility index (Phi) is 18.3. The molecule has 0 radical (unpaired) electrons. The second kappa shape index (κ2) is 16.2. The maximum atomic E-state index is 5.37. The van der Waals surface area contributed by atoms with Gasteiger partial charge in [-0.15, -0.1) is 0 Å². The van der Waals surface area contributed by atoms with Gasteiger partial charge in [-0.1, -0.05) is 0 Å². The second-order valence-corrected chi connectivity index (χ2v) is 10.7. The SMILES string of the molecule is CO[Si](CCCNCCC[Si](OC)(OC)OC)(OC)OC.[SiH3]S. The number of rotatable bonds is 14. The fraction of sp³-hybridized carbons (Fsp3) is 1.00. The molecule has 0 aromatic rings. The van der Waals surface area contributed by atoms with E-state index in [-0.39, 0.29) is 0 Å². The summed E-state index contributed by atoms with van der Waals surface area (Å²) in [4.78, 5) is 0. The van der Waals surface area contributed by atoms with Crippen molar-refractivity contribution in [3.8, 4) is 0 Å². The van der Waals surface area contributed by atoms with E-state index in [0.717, 1.165) is 47.4 Å². The lowest BCUT2D eigenvalue weighted by molar-refractivity contribution is 0.123. The maximum Gasteiger partial charge on any atom is 0.500 e. The van der Waals surface area contributed by atoms with E-state index in [4.69, 9.17) is 26.6 Å². The molecule has 0 aliphatic rings. The normalized spacial score (nSPS) is 12.1. The van der Waals surface area contributed by atoms with Crippen molar-refractivity contribution < 1.29 is 26.6 Å². The highest BCUT2D eigenvalue weighted by atomic mass is 32.3. The predicted octanol–water partition coefficient (Wildman–Crippen LogP) is 0.309. The van der Waals surface area contributed by atoms with Crippen molar-refractivity contribution in [1.29, 1.82) is 0 Å². The molecule has 11 heteroatoms. The van der Waals surface area contributed by atoms with E-state index in [0.29, 0.717) is 0 Å². The lowest BCUT2D eigenvalue weighted by Crippen LogP contribution is -2.43. The first-order valence-corrected chi connectivity index (χ1v) is 15.0. The molecule has 0 rings (SSSR count). The largest absolute Gasteiger partial charge is 0.500 e. The van der Waals surface area contributed by atoms with E-state index in [2.05, 4.69) is 17.4 Å². The van der Waals surface area contributed by atoms with Gasteiger partial charge >= 0.3 is 17.6 Å². The number of hydrogen-bond acceptors (Lipinski definition) is 8. The van der Waals surface area contributed by atoms with Gasteiger partial charge in [0, 0.05) is 54.7 Å². The molecule has 0 aliphatic heterocycles. The molecule has 0 unspecified atom stereocenters. The zero-order valence-electron chi connectivity index (χ0n) is 15.6. The van der Waals surface area contributed by atoms with Crippen LogP contribution < -0.4 is 5.32 Å². The van der Waals surface area contributed by atoms with Crippen LogP contribution in [0.3, 0.4) is 0 Å². The zero-order valence-corrected chi connectivity index (χ0v) is 20.5. The molecule has 0 aromatic heterocycles. The van der Waals surface area contributed by atoms with Gasteiger partial charge in [0.15, 0.2) is 0 Å². The van der Waals surface area contributed by atoms with E-state index in [1.165, 1.54) is 0 Å². The highest BCUT2D eigenvalue weighted by Gasteiger charge is 2.37. The third-order valence-electron chi connectivity index (χ3n) is 3.54. The van der Waals surface area contributed by atoms with Crippen molar-refractivity contribution in [2.45, 2.75) is 24.9 Å². The topological polar surface area (TPSA) is 67.4 Å². The van der Waals surface area contributed by atoms with Gasteiger partial charge in [0.1, 0.15) is 0 Å². The van der Waals surface area contributed by atoms with Crippen LogP contribution in [0, 0.1) is 0 Å². The molecule has 142 valence electrons. The Balaban J connectivity index is 0. The molecule has 0 spiro atoms. The van der Waals surface area contributed by atoms with Crippen molar-refractivity contribution in [3.05, 3.63) is 0 Å². The second-order valence-electron chi connectivity index (χ2n) is 4.55. The van der Waals surface area contributed by atoms with Crippen LogP contribution in [0.4, 0.5) is 0 Å². The highest BCUT2D eigenvalue weighted by Crippen LogP contribution is 2.15. The summed E-state index contributed by atoms with van der Waals surface area (Å²) in [7, 11) is 5.96. The van der Waals surface area contributed by atoms with Crippen molar-refractivity contribution in [2.75, 3.05) is 55.7 Å². The van der Waals surface area contributed by atoms with Gasteiger partial charge in [-0.05, 0) is 25.9 Å². The van der Waals surface area contributed by atoms with Crippen molar-refractivity contribution in [2.24, 2.45) is 0 Å². The Morgan fingerprint density at radius 3 is 1.13 bits per heavy atom. The maximum absolute atomic E-state index is 5.37. The van der Waals surface area contributed by atoms with Gasteiger partial charge in [0.05, 0.1) is 9.39 Å². The molecule has 0 aliphatic carbocycles. The fourth-order valence-electron chi connectivity index (χ4n) is 2.10. The third-order valence-corrected chi connectivity index (χ3v) is 9.20. The Hall–Kier alpha value is 0.721. The first kappa shape index (κ1) is 26.0. The van der Waals surface area contributed by atoms with E-state index < -0.39 is 17.6 Å². The molecule has 0 fully saturated rings. The van der Waals surface area contributed by atoms with Crippen LogP contribution in [0.15, 0.2) is 0 Å². The van der Waals surface area contributed by atoms with Gasteiger partial charge in [0.25, 0.3) is 0 Å². The van der Waals surface area contributed by atoms with E-state index in [1.807, 2.05) is 0 Å². The summed E-state index contributed by atoms with van der Waals surface area (Å²) in [6.07, 6.45) is 1.90. The standard InChI is InChI=1S/C12H31NO6Si2.H4SSi/c1-14-20(15-2,16-3)11-7-9-13-10-8-12-21(17-4,18-5)19-6;1-2/h13H,7-12H2,1-6H3;1H,2H3. The van der Waals surface area contributed by atoms with Crippen molar-refractivity contribution in [1.82, 2.24) is 5.32 Å². The summed E-state index contributed by atoms with van der Waals surface area (Å²) in [6, 6.07) is 1.60. The van der Waals surface area contributed by atoms with Crippen molar-refractivity contribution >= 4 is 39.1 Å². The molecule has 0 aromatic carbocycles. The average molecular weight is 406 g/mol. The molecular weight excluding hydrogens is 370 g/mol. The van der Waals surface area contributed by atoms with Gasteiger partial charge in [-0.3, -0.25) is 0 Å². The number of thiol groups is 1. The lowest BCUT2D eigenvalue weighted by Gasteiger charge is -2.25. The summed E-state index contributed by atoms with van der Waals surface area (Å²) in [5, 5.41) is 3.39. The zero-order chi connectivity index (χ0) is 18.2. The monoisotopic (exact) mass is 405 g/mol. The lowest BCUT2D eigenvalue weighted by atomic mass is 10.4. The smallest absolute Gasteiger partial charge is 0.377 e. The predicted molar refractivity (Wildman–Crippen MR) is 104 cm³/mol. The molecule has 0 heterocycles. The third kappa shape index (κ3) is 10.3. The molecule has 0 saturated heterocycles. The molecule has 23 heavy (non-hydrogen) atoms. The van der Waals surface area contributed by atoms with Gasteiger partial charge in [0.2, 0.25) is 0 Å². The number of hydrogen-bond donors (Lipinski definition) is 2. The average Bonchev–Trinajstić information content (AvgIpc) is 2.63. The van der Waals surface area contributed by atoms with Gasteiger partial charge in [-0.2, -0.15) is 0 Å². The summed E-state index contributed by atoms with van der Waals surface area (Å²) >= 11 is 3.67. The van der Waals surface area contributed by atoms with Crippen LogP contribution in [0.25, 0.3) is 0 Å². The van der Waals surface area contributed by atoms with E-state index in [9.17, 15) is 0 Å². The Morgan fingerprint density at radius 2 is 0.913 bits per heavy atom. The van der Waals surface area contributed by atoms with E-state index in [1.54, 1.807) is 42.7 Å². The summed E-state index contributed by atoms with van der Waals surface area (Å²) < 4.78 is 32.2. The van der Waals surface area contributed by atoms with Crippen LogP contribution in [0.2, 0.25) is 12.1 Å². The van der Waals surface area contributed by atoms with E-state index >= 15 is 0 Å². The molecule has 0 saturated carbocycles. The van der Waals surface area contributed by atoms with Crippen LogP contribution in [-0.4, -0.2) is 82.7 Å².